The first-order chi connectivity index (χ1) is 4.63. The fourth-order valence-electron chi connectivity index (χ4n) is 0.489. The summed E-state index contributed by atoms with van der Waals surface area (Å²) >= 11 is -1.94. The molecule has 0 N–H and O–H groups in total. The third-order valence-electron chi connectivity index (χ3n) is 1.15. The minimum atomic E-state index is -1.94. The molecule has 0 amide bonds. The van der Waals surface area contributed by atoms with Gasteiger partial charge >= 0.3 is 0 Å². The zero-order valence-electron chi connectivity index (χ0n) is 6.14. The largest absolute Gasteiger partial charge is 0.612 e. The van der Waals surface area contributed by atoms with Crippen molar-refractivity contribution in [2.45, 2.75) is 37.7 Å². The van der Waals surface area contributed by atoms with E-state index in [1.54, 1.807) is 13.8 Å². The fourth-order valence-corrected chi connectivity index (χ4v) is 1.47. The molecule has 10 heavy (non-hydrogen) atoms. The monoisotopic (exact) mass is 170 g/mol. The van der Waals surface area contributed by atoms with Gasteiger partial charge in [0.15, 0.2) is 0 Å². The van der Waals surface area contributed by atoms with E-state index in [0.717, 1.165) is 0 Å². The van der Waals surface area contributed by atoms with Gasteiger partial charge in [-0.2, -0.15) is 8.78 Å². The van der Waals surface area contributed by atoms with Crippen LogP contribution >= 0.6 is 0 Å². The lowest BCUT2D eigenvalue weighted by atomic mass is 10.5. The zero-order chi connectivity index (χ0) is 8.15. The Balaban J connectivity index is 3.69. The second-order valence-electron chi connectivity index (χ2n) is 1.97. The fraction of sp³-hybridized carbons (Fsp3) is 1.00. The molecule has 0 rings (SSSR count). The Kier molecular flexibility index (Phi) is 4.99. The van der Waals surface area contributed by atoms with Crippen molar-refractivity contribution in [1.29, 1.82) is 0 Å². The molecule has 0 spiro atoms. The molecule has 0 aliphatic heterocycles. The van der Waals surface area contributed by atoms with Crippen molar-refractivity contribution in [3.63, 3.8) is 0 Å². The normalized spacial score (nSPS) is 20.1. The van der Waals surface area contributed by atoms with Crippen LogP contribution in [-0.2, 0) is 11.2 Å². The molecule has 0 saturated heterocycles. The predicted molar refractivity (Wildman–Crippen MR) is 38.5 cm³/mol. The average Bonchev–Trinajstić information content (AvgIpc) is 2.00. The molecule has 0 aromatic carbocycles. The maximum absolute atomic E-state index is 12.4. The molecule has 0 radical (unpaired) electrons. The van der Waals surface area contributed by atoms with Crippen LogP contribution in [0, 0.1) is 0 Å². The van der Waals surface area contributed by atoms with Crippen LogP contribution < -0.4 is 0 Å². The first-order valence-electron chi connectivity index (χ1n) is 3.31. The van der Waals surface area contributed by atoms with Crippen molar-refractivity contribution in [3.8, 4) is 0 Å². The summed E-state index contributed by atoms with van der Waals surface area (Å²) in [6.07, 6.45) is 0.236. The molecule has 2 atom stereocenters. The Morgan fingerprint density at radius 1 is 1.20 bits per heavy atom. The Morgan fingerprint density at radius 2 is 1.50 bits per heavy atom. The molecule has 0 aromatic heterocycles. The predicted octanol–water partition coefficient (Wildman–Crippen LogP) is 2.15. The van der Waals surface area contributed by atoms with Crippen LogP contribution in [0.1, 0.15) is 26.7 Å². The quantitative estimate of drug-likeness (QED) is 0.593. The van der Waals surface area contributed by atoms with Gasteiger partial charge in [0.05, 0.1) is 0 Å². The number of alkyl halides is 2. The summed E-state index contributed by atoms with van der Waals surface area (Å²) in [5.74, 6) is 0. The van der Waals surface area contributed by atoms with E-state index in [9.17, 15) is 13.3 Å². The third kappa shape index (κ3) is 2.84. The molecule has 0 heterocycles. The van der Waals surface area contributed by atoms with Crippen molar-refractivity contribution in [2.24, 2.45) is 0 Å². The van der Waals surface area contributed by atoms with Crippen LogP contribution in [0.25, 0.3) is 0 Å². The van der Waals surface area contributed by atoms with Gasteiger partial charge in [0, 0.05) is 24.0 Å². The lowest BCUT2D eigenvalue weighted by Crippen LogP contribution is -2.25. The molecule has 2 unspecified atom stereocenters. The molecule has 0 aromatic rings. The van der Waals surface area contributed by atoms with Crippen molar-refractivity contribution in [2.75, 3.05) is 0 Å². The second-order valence-corrected chi connectivity index (χ2v) is 3.65. The summed E-state index contributed by atoms with van der Waals surface area (Å²) in [6, 6.07) is 0. The summed E-state index contributed by atoms with van der Waals surface area (Å²) in [6.45, 7) is 3.09. The molecule has 62 valence electrons. The van der Waals surface area contributed by atoms with Gasteiger partial charge in [-0.15, -0.1) is 0 Å². The van der Waals surface area contributed by atoms with E-state index < -0.39 is 22.2 Å². The van der Waals surface area contributed by atoms with Crippen LogP contribution in [0.5, 0.6) is 0 Å². The highest BCUT2D eigenvalue weighted by Gasteiger charge is 2.27. The highest BCUT2D eigenvalue weighted by molar-refractivity contribution is 7.92. The van der Waals surface area contributed by atoms with Crippen molar-refractivity contribution in [3.05, 3.63) is 0 Å². The summed E-state index contributed by atoms with van der Waals surface area (Å²) < 4.78 is 35.5. The van der Waals surface area contributed by atoms with Crippen LogP contribution in [0.15, 0.2) is 0 Å². The van der Waals surface area contributed by atoms with E-state index >= 15 is 0 Å². The van der Waals surface area contributed by atoms with E-state index in [-0.39, 0.29) is 12.8 Å². The van der Waals surface area contributed by atoms with E-state index in [2.05, 4.69) is 0 Å². The van der Waals surface area contributed by atoms with Crippen molar-refractivity contribution < 1.29 is 13.3 Å². The topological polar surface area (TPSA) is 23.1 Å². The molecular formula is C6H12F2OS. The highest BCUT2D eigenvalue weighted by Crippen LogP contribution is 2.17. The minimum Gasteiger partial charge on any atom is -0.612 e. The van der Waals surface area contributed by atoms with Gasteiger partial charge in [-0.25, -0.2) is 0 Å². The first-order valence-corrected chi connectivity index (χ1v) is 4.58. The van der Waals surface area contributed by atoms with Gasteiger partial charge in [-0.05, 0) is 0 Å². The highest BCUT2D eigenvalue weighted by atomic mass is 32.2. The molecule has 1 nitrogen and oxygen atoms in total. The molecular weight excluding hydrogens is 158 g/mol. The maximum Gasteiger partial charge on any atom is 0.255 e. The number of halogens is 2. The van der Waals surface area contributed by atoms with Crippen LogP contribution in [0.2, 0.25) is 0 Å². The molecule has 0 saturated carbocycles. The molecule has 0 bridgehead atoms. The third-order valence-corrected chi connectivity index (χ3v) is 2.82. The summed E-state index contributed by atoms with van der Waals surface area (Å²) in [4.78, 5) is 0. The van der Waals surface area contributed by atoms with Crippen LogP contribution in [0.3, 0.4) is 0 Å². The standard InChI is InChI=1S/C6H12F2OS/c1-3-5(7)10(9)6(8)4-2/h5-6H,3-4H2,1-2H3. The van der Waals surface area contributed by atoms with Gasteiger partial charge in [0.2, 0.25) is 0 Å². The molecule has 0 fully saturated rings. The number of rotatable bonds is 4. The number of hydrogen-bond acceptors (Lipinski definition) is 1. The molecule has 0 aliphatic rings. The minimum absolute atomic E-state index is 0.118. The number of hydrogen-bond donors (Lipinski definition) is 0. The van der Waals surface area contributed by atoms with Crippen LogP contribution in [0.4, 0.5) is 8.78 Å². The first kappa shape index (κ1) is 10.2. The van der Waals surface area contributed by atoms with Crippen molar-refractivity contribution >= 4 is 11.2 Å². The van der Waals surface area contributed by atoms with E-state index in [0.29, 0.717) is 0 Å². The lowest BCUT2D eigenvalue weighted by Gasteiger charge is -2.15. The van der Waals surface area contributed by atoms with E-state index in [1.165, 1.54) is 0 Å². The van der Waals surface area contributed by atoms with Gasteiger partial charge < -0.3 is 4.55 Å². The Hall–Kier alpha value is 0.170. The average molecular weight is 170 g/mol. The van der Waals surface area contributed by atoms with Crippen molar-refractivity contribution in [1.82, 2.24) is 0 Å². The second kappa shape index (κ2) is 4.91. The van der Waals surface area contributed by atoms with Crippen LogP contribution in [-0.4, -0.2) is 15.6 Å². The van der Waals surface area contributed by atoms with E-state index in [1.807, 2.05) is 0 Å². The summed E-state index contributed by atoms with van der Waals surface area (Å²) in [7, 11) is 0. The zero-order valence-corrected chi connectivity index (χ0v) is 6.96. The van der Waals surface area contributed by atoms with Gasteiger partial charge in [-0.3, -0.25) is 0 Å². The Labute approximate surface area is 63.0 Å². The SMILES string of the molecule is CCC(F)[S+]([O-])C(F)CC. The smallest absolute Gasteiger partial charge is 0.255 e. The molecule has 4 heteroatoms. The van der Waals surface area contributed by atoms with Gasteiger partial charge in [0.25, 0.3) is 11.0 Å². The Morgan fingerprint density at radius 3 is 1.70 bits per heavy atom. The van der Waals surface area contributed by atoms with Gasteiger partial charge in [-0.1, -0.05) is 13.8 Å². The lowest BCUT2D eigenvalue weighted by molar-refractivity contribution is 0.361. The summed E-state index contributed by atoms with van der Waals surface area (Å²) in [5, 5.41) is 0. The summed E-state index contributed by atoms with van der Waals surface area (Å²) in [5.41, 5.74) is -3.01. The van der Waals surface area contributed by atoms with Gasteiger partial charge in [0.1, 0.15) is 0 Å². The Bertz CT molecular complexity index is 81.8. The molecule has 0 aliphatic carbocycles. The maximum atomic E-state index is 12.4. The van der Waals surface area contributed by atoms with E-state index in [4.69, 9.17) is 0 Å².